The smallest absolute Gasteiger partial charge is 0.0595 e. The molecule has 0 saturated carbocycles. The molecule has 0 saturated heterocycles. The van der Waals surface area contributed by atoms with Crippen molar-refractivity contribution in [3.05, 3.63) is 33.8 Å². The minimum atomic E-state index is 0.0507. The van der Waals surface area contributed by atoms with Crippen LogP contribution in [0.25, 0.3) is 0 Å². The van der Waals surface area contributed by atoms with Crippen LogP contribution in [0.2, 0.25) is 10.0 Å². The van der Waals surface area contributed by atoms with Gasteiger partial charge < -0.3 is 4.90 Å². The molecule has 0 fully saturated rings. The summed E-state index contributed by atoms with van der Waals surface area (Å²) in [5.41, 5.74) is 3.78. The van der Waals surface area contributed by atoms with Crippen LogP contribution in [0.3, 0.4) is 0 Å². The normalized spacial score (nSPS) is 13.2. The predicted octanol–water partition coefficient (Wildman–Crippen LogP) is 2.06. The second-order valence-corrected chi connectivity index (χ2v) is 4.47. The Labute approximate surface area is 100 Å². The molecule has 0 heterocycles. The number of hydrogen-bond donors (Lipinski definition) is 2. The van der Waals surface area contributed by atoms with Gasteiger partial charge in [0.05, 0.1) is 16.1 Å². The van der Waals surface area contributed by atoms with Crippen molar-refractivity contribution < 1.29 is 0 Å². The van der Waals surface area contributed by atoms with Gasteiger partial charge in [0.15, 0.2) is 0 Å². The molecule has 0 aliphatic heterocycles. The fourth-order valence-corrected chi connectivity index (χ4v) is 1.66. The number of hydrazine groups is 1. The lowest BCUT2D eigenvalue weighted by Gasteiger charge is -2.20. The molecule has 0 aliphatic carbocycles. The first-order valence-electron chi connectivity index (χ1n) is 4.60. The highest BCUT2D eigenvalue weighted by Crippen LogP contribution is 2.25. The van der Waals surface area contributed by atoms with Crippen LogP contribution < -0.4 is 11.3 Å². The number of nitrogens with one attached hydrogen (secondary N) is 1. The van der Waals surface area contributed by atoms with Crippen molar-refractivity contribution in [3.63, 3.8) is 0 Å². The lowest BCUT2D eigenvalue weighted by Crippen LogP contribution is -2.35. The van der Waals surface area contributed by atoms with Gasteiger partial charge in [-0.05, 0) is 31.8 Å². The van der Waals surface area contributed by atoms with Crippen molar-refractivity contribution in [2.45, 2.75) is 6.04 Å². The lowest BCUT2D eigenvalue weighted by molar-refractivity contribution is 0.344. The predicted molar refractivity (Wildman–Crippen MR) is 65.1 cm³/mol. The fraction of sp³-hybridized carbons (Fsp3) is 0.400. The fourth-order valence-electron chi connectivity index (χ4n) is 1.35. The highest BCUT2D eigenvalue weighted by atomic mass is 35.5. The Balaban J connectivity index is 2.87. The first kappa shape index (κ1) is 12.7. The Bertz CT molecular complexity index is 328. The van der Waals surface area contributed by atoms with E-state index in [0.717, 1.165) is 12.1 Å². The molecular formula is C10H15Cl2N3. The van der Waals surface area contributed by atoms with Gasteiger partial charge in [-0.1, -0.05) is 29.3 Å². The topological polar surface area (TPSA) is 41.3 Å². The van der Waals surface area contributed by atoms with Gasteiger partial charge in [-0.15, -0.1) is 0 Å². The van der Waals surface area contributed by atoms with E-state index in [1.54, 1.807) is 6.07 Å². The Morgan fingerprint density at radius 3 is 2.47 bits per heavy atom. The molecule has 1 atom stereocenters. The van der Waals surface area contributed by atoms with E-state index in [4.69, 9.17) is 29.0 Å². The average molecular weight is 248 g/mol. The van der Waals surface area contributed by atoms with E-state index < -0.39 is 0 Å². The summed E-state index contributed by atoms with van der Waals surface area (Å²) in [5, 5.41) is 1.11. The zero-order valence-electron chi connectivity index (χ0n) is 8.80. The molecule has 0 bridgehead atoms. The van der Waals surface area contributed by atoms with E-state index >= 15 is 0 Å². The average Bonchev–Trinajstić information content (AvgIpc) is 2.18. The first-order valence-corrected chi connectivity index (χ1v) is 5.36. The minimum Gasteiger partial charge on any atom is -0.307 e. The van der Waals surface area contributed by atoms with E-state index in [1.807, 2.05) is 31.1 Å². The number of nitrogens with zero attached hydrogens (tertiary/aromatic N) is 1. The third kappa shape index (κ3) is 3.63. The Hall–Kier alpha value is -0.320. The van der Waals surface area contributed by atoms with Crippen molar-refractivity contribution in [2.24, 2.45) is 5.84 Å². The highest BCUT2D eigenvalue weighted by Gasteiger charge is 2.11. The van der Waals surface area contributed by atoms with Gasteiger partial charge in [0.1, 0.15) is 0 Å². The SMILES string of the molecule is CN(C)CC(NN)c1ccc(Cl)c(Cl)c1. The van der Waals surface area contributed by atoms with Crippen LogP contribution in [0.4, 0.5) is 0 Å². The Kier molecular flexibility index (Phi) is 4.83. The third-order valence-corrected chi connectivity index (χ3v) is 2.83. The molecule has 1 rings (SSSR count). The van der Waals surface area contributed by atoms with Crippen LogP contribution in [0.1, 0.15) is 11.6 Å². The summed E-state index contributed by atoms with van der Waals surface area (Å²) < 4.78 is 0. The molecule has 5 heteroatoms. The quantitative estimate of drug-likeness (QED) is 0.633. The van der Waals surface area contributed by atoms with Crippen molar-refractivity contribution in [1.29, 1.82) is 0 Å². The van der Waals surface area contributed by atoms with Gasteiger partial charge >= 0.3 is 0 Å². The molecule has 1 unspecified atom stereocenters. The maximum absolute atomic E-state index is 5.94. The molecule has 1 aromatic rings. The standard InChI is InChI=1S/C10H15Cl2N3/c1-15(2)6-10(14-13)7-3-4-8(11)9(12)5-7/h3-5,10,14H,6,13H2,1-2H3. The van der Waals surface area contributed by atoms with Crippen LogP contribution in [0.15, 0.2) is 18.2 Å². The Morgan fingerprint density at radius 2 is 2.00 bits per heavy atom. The van der Waals surface area contributed by atoms with Crippen molar-refractivity contribution in [1.82, 2.24) is 10.3 Å². The summed E-state index contributed by atoms with van der Waals surface area (Å²) in [4.78, 5) is 2.05. The van der Waals surface area contributed by atoms with Gasteiger partial charge in [0.25, 0.3) is 0 Å². The number of benzene rings is 1. The molecule has 0 amide bonds. The summed E-state index contributed by atoms with van der Waals surface area (Å²) in [6.45, 7) is 0.800. The van der Waals surface area contributed by atoms with E-state index in [-0.39, 0.29) is 6.04 Å². The molecule has 0 spiro atoms. The molecule has 0 radical (unpaired) electrons. The van der Waals surface area contributed by atoms with Crippen LogP contribution in [0.5, 0.6) is 0 Å². The summed E-state index contributed by atoms with van der Waals surface area (Å²) >= 11 is 11.8. The molecule has 0 aromatic heterocycles. The van der Waals surface area contributed by atoms with Gasteiger partial charge in [0.2, 0.25) is 0 Å². The maximum atomic E-state index is 5.94. The molecule has 3 N–H and O–H groups in total. The molecule has 15 heavy (non-hydrogen) atoms. The lowest BCUT2D eigenvalue weighted by atomic mass is 10.1. The van der Waals surface area contributed by atoms with Crippen LogP contribution in [-0.4, -0.2) is 25.5 Å². The minimum absolute atomic E-state index is 0.0507. The zero-order chi connectivity index (χ0) is 11.4. The highest BCUT2D eigenvalue weighted by molar-refractivity contribution is 6.42. The number of hydrogen-bond acceptors (Lipinski definition) is 3. The second kappa shape index (κ2) is 5.68. The molecule has 84 valence electrons. The third-order valence-electron chi connectivity index (χ3n) is 2.09. The van der Waals surface area contributed by atoms with E-state index in [1.165, 1.54) is 0 Å². The zero-order valence-corrected chi connectivity index (χ0v) is 10.3. The number of nitrogens with two attached hydrogens (primary N) is 1. The van der Waals surface area contributed by atoms with Crippen LogP contribution in [0, 0.1) is 0 Å². The maximum Gasteiger partial charge on any atom is 0.0595 e. The molecule has 0 aliphatic rings. The van der Waals surface area contributed by atoms with Crippen molar-refractivity contribution >= 4 is 23.2 Å². The van der Waals surface area contributed by atoms with Crippen molar-refractivity contribution in [3.8, 4) is 0 Å². The molecule has 1 aromatic carbocycles. The monoisotopic (exact) mass is 247 g/mol. The van der Waals surface area contributed by atoms with Crippen LogP contribution >= 0.6 is 23.2 Å². The summed E-state index contributed by atoms with van der Waals surface area (Å²) in [6, 6.07) is 5.58. The second-order valence-electron chi connectivity index (χ2n) is 3.66. The van der Waals surface area contributed by atoms with Gasteiger partial charge in [-0.2, -0.15) is 0 Å². The number of halogens is 2. The number of likely N-dealkylation sites (N-methyl/N-ethyl adjacent to an activating group) is 1. The van der Waals surface area contributed by atoms with E-state index in [2.05, 4.69) is 5.43 Å². The van der Waals surface area contributed by atoms with Crippen LogP contribution in [-0.2, 0) is 0 Å². The first-order chi connectivity index (χ1) is 7.04. The summed E-state index contributed by atoms with van der Waals surface area (Å²) in [7, 11) is 3.98. The van der Waals surface area contributed by atoms with Gasteiger partial charge in [-0.3, -0.25) is 11.3 Å². The van der Waals surface area contributed by atoms with E-state index in [9.17, 15) is 0 Å². The summed E-state index contributed by atoms with van der Waals surface area (Å²) in [5.74, 6) is 5.49. The van der Waals surface area contributed by atoms with Crippen molar-refractivity contribution in [2.75, 3.05) is 20.6 Å². The van der Waals surface area contributed by atoms with Gasteiger partial charge in [0, 0.05) is 6.54 Å². The Morgan fingerprint density at radius 1 is 1.33 bits per heavy atom. The molecule has 3 nitrogen and oxygen atoms in total. The van der Waals surface area contributed by atoms with Gasteiger partial charge in [-0.25, -0.2) is 0 Å². The number of rotatable bonds is 4. The summed E-state index contributed by atoms with van der Waals surface area (Å²) in [6.07, 6.45) is 0. The largest absolute Gasteiger partial charge is 0.307 e. The van der Waals surface area contributed by atoms with E-state index in [0.29, 0.717) is 10.0 Å². The molecular weight excluding hydrogens is 233 g/mol.